The largest absolute Gasteiger partial charge is 0.508 e. The fourth-order valence-electron chi connectivity index (χ4n) is 16.7. The van der Waals surface area contributed by atoms with Gasteiger partial charge in [-0.2, -0.15) is 11.8 Å². The number of nitrogens with one attached hydrogen (secondary N) is 16. The molecule has 16 unspecified atom stereocenters. The number of phenolic OH excluding ortho intramolecular Hbond substituents is 1. The third-order valence-electron chi connectivity index (χ3n) is 25.6. The Kier molecular flexibility index (Phi) is 60.7. The molecule has 15 amide bonds. The molecular weight excluding hydrogens is 1920 g/mol. The third kappa shape index (κ3) is 49.6. The Bertz CT molecular complexity index is 4840. The van der Waals surface area contributed by atoms with Crippen LogP contribution in [0.5, 0.6) is 5.75 Å². The molecule has 820 valence electrons. The molecule has 0 aliphatic heterocycles. The van der Waals surface area contributed by atoms with Gasteiger partial charge in [0.2, 0.25) is 88.6 Å². The highest BCUT2D eigenvalue weighted by molar-refractivity contribution is 7.98. The molecule has 1 aromatic heterocycles. The van der Waals surface area contributed by atoms with E-state index < -0.39 is 205 Å². The van der Waals surface area contributed by atoms with Crippen LogP contribution < -0.4 is 97.0 Å². The lowest BCUT2D eigenvalue weighted by Gasteiger charge is -2.31. The number of aromatic nitrogens is 2. The van der Waals surface area contributed by atoms with E-state index in [0.717, 1.165) is 31.2 Å². The van der Waals surface area contributed by atoms with Gasteiger partial charge in [-0.1, -0.05) is 235 Å². The van der Waals surface area contributed by atoms with E-state index in [9.17, 15) is 87.5 Å². The second kappa shape index (κ2) is 71.2. The van der Waals surface area contributed by atoms with Crippen LogP contribution >= 0.6 is 11.8 Å². The van der Waals surface area contributed by atoms with Gasteiger partial charge >= 0.3 is 5.97 Å². The molecule has 0 aliphatic carbocycles. The summed E-state index contributed by atoms with van der Waals surface area (Å²) >= 11 is 1.38. The van der Waals surface area contributed by atoms with Crippen molar-refractivity contribution in [2.75, 3.05) is 44.9 Å². The molecule has 0 aliphatic rings. The molecule has 0 radical (unpaired) electrons. The predicted octanol–water partition coefficient (Wildman–Crippen LogP) is 4.36. The number of unbranched alkanes of at least 4 members (excludes halogenated alkanes) is 14. The summed E-state index contributed by atoms with van der Waals surface area (Å²) < 4.78 is 0. The first-order chi connectivity index (χ1) is 70.9. The quantitative estimate of drug-likeness (QED) is 0.0240. The Hall–Kier alpha value is -12.4. The zero-order valence-corrected chi connectivity index (χ0v) is 88.4. The zero-order chi connectivity index (χ0) is 109. The molecule has 16 atom stereocenters. The number of phenols is 1. The molecule has 1 heterocycles. The molecule has 0 bridgehead atoms. The number of carbonyl (C=O) groups excluding carboxylic acids is 15. The summed E-state index contributed by atoms with van der Waals surface area (Å²) in [5, 5.41) is 82.7. The number of imidazole rings is 1. The van der Waals surface area contributed by atoms with Crippen LogP contribution in [0.25, 0.3) is 0 Å². The van der Waals surface area contributed by atoms with Crippen molar-refractivity contribution < 1.29 is 97.1 Å². The number of aliphatic carboxylic acids is 1. The Morgan fingerprint density at radius 1 is 0.365 bits per heavy atom. The number of aliphatic hydroxyl groups excluding tert-OH is 2. The number of H-pyrrole nitrogens is 1. The SMILES string of the molecule is CCCCCCCCCCCCCCCC(=O)NC(Cc1cnc[nH]1)C(=O)NC(CO)C(=O)NC(CC(C)C)C(=O)NC(CNC(Cc1ccccc1)C(=O)NC(CCSC)C(=O)NC(C)C(=O)NC(Cc1ccccc1)C(=O)NC(Cc1ccccc1)C(=O)NC(CO)C(=O)NC(CCC(=O)O)C(=O)NC(CCCCN)C(=O)NC(CCCCN)C(=O)NC(Cc1ccc(O)cc1)C(=O)NC(CC(C)C)C(N)=O)C(C)CC. The summed E-state index contributed by atoms with van der Waals surface area (Å²) in [6, 6.07) is 10.9. The van der Waals surface area contributed by atoms with Crippen LogP contribution in [-0.4, -0.2) is 260 Å². The highest BCUT2D eigenvalue weighted by atomic mass is 32.2. The van der Waals surface area contributed by atoms with E-state index in [1.54, 1.807) is 79.1 Å². The number of carbonyl (C=O) groups is 16. The number of amides is 15. The molecule has 5 rings (SSSR count). The van der Waals surface area contributed by atoms with Crippen LogP contribution in [0.3, 0.4) is 0 Å². The average Bonchev–Trinajstić information content (AvgIpc) is 0.909. The predicted molar refractivity (Wildman–Crippen MR) is 567 cm³/mol. The summed E-state index contributed by atoms with van der Waals surface area (Å²) in [6.45, 7) is 13.1. The van der Waals surface area contributed by atoms with Crippen LogP contribution in [-0.2, 0) is 109 Å². The minimum absolute atomic E-state index is 0.00297. The van der Waals surface area contributed by atoms with Crippen LogP contribution in [0.2, 0.25) is 0 Å². The van der Waals surface area contributed by atoms with Crippen molar-refractivity contribution in [1.82, 2.24) is 89.7 Å². The average molecular weight is 2080 g/mol. The van der Waals surface area contributed by atoms with E-state index >= 15 is 9.59 Å². The number of rotatable bonds is 77. The van der Waals surface area contributed by atoms with Gasteiger partial charge in [0.25, 0.3) is 0 Å². The third-order valence-corrected chi connectivity index (χ3v) is 26.2. The summed E-state index contributed by atoms with van der Waals surface area (Å²) in [5.41, 5.74) is 20.2. The van der Waals surface area contributed by atoms with E-state index in [4.69, 9.17) is 17.2 Å². The van der Waals surface area contributed by atoms with E-state index in [0.29, 0.717) is 53.8 Å². The van der Waals surface area contributed by atoms with E-state index in [1.165, 1.54) is 107 Å². The van der Waals surface area contributed by atoms with E-state index in [-0.39, 0.29) is 133 Å². The van der Waals surface area contributed by atoms with E-state index in [2.05, 4.69) is 96.6 Å². The number of hydrogen-bond donors (Lipinski definition) is 23. The van der Waals surface area contributed by atoms with Crippen LogP contribution in [0.15, 0.2) is 128 Å². The molecule has 0 spiro atoms. The number of carboxylic acids is 1. The molecule has 4 aromatic carbocycles. The Balaban J connectivity index is 1.33. The van der Waals surface area contributed by atoms with Gasteiger partial charge in [-0.15, -0.1) is 0 Å². The summed E-state index contributed by atoms with van der Waals surface area (Å²) in [7, 11) is 0. The molecule has 0 saturated carbocycles. The number of thioether (sulfide) groups is 1. The number of benzene rings is 4. The Morgan fingerprint density at radius 2 is 0.716 bits per heavy atom. The minimum Gasteiger partial charge on any atom is -0.508 e. The highest BCUT2D eigenvalue weighted by Gasteiger charge is 2.39. The smallest absolute Gasteiger partial charge is 0.303 e. The number of nitrogens with zero attached hydrogens (tertiary/aromatic N) is 1. The van der Waals surface area contributed by atoms with Gasteiger partial charge in [-0.05, 0) is 161 Å². The van der Waals surface area contributed by atoms with Gasteiger partial charge in [0.05, 0.1) is 25.6 Å². The maximum atomic E-state index is 15.1. The lowest BCUT2D eigenvalue weighted by molar-refractivity contribution is -0.139. The molecule has 41 heteroatoms. The summed E-state index contributed by atoms with van der Waals surface area (Å²) in [4.78, 5) is 235. The van der Waals surface area contributed by atoms with Crippen LogP contribution in [0.4, 0.5) is 0 Å². The number of aliphatic hydroxyl groups is 2. The molecule has 40 nitrogen and oxygen atoms in total. The Morgan fingerprint density at radius 3 is 1.12 bits per heavy atom. The maximum Gasteiger partial charge on any atom is 0.303 e. The molecule has 148 heavy (non-hydrogen) atoms. The first kappa shape index (κ1) is 126. The van der Waals surface area contributed by atoms with Crippen molar-refractivity contribution in [3.05, 3.63) is 156 Å². The van der Waals surface area contributed by atoms with Crippen molar-refractivity contribution in [1.29, 1.82) is 0 Å². The standard InChI is InChI=1S/C107H166N20O20S/c1-10-12-13-14-15-16-17-18-19-20-21-22-32-45-92(131)115-88(62-76-63-111-67-113-76)105(145)127-91(66-129)107(147)122-84(57-69(5)6)101(141)125-89(70(7)11-2)64-112-83(58-72-37-26-23-27-38-72)100(140)119-81(52-55-148-9)96(136)114-71(8)95(135)121-85(59-73-39-28-24-29-40-73)103(143)124-86(60-74-41-30-25-31-42-74)104(144)126-90(65-128)106(146)118-80(50-51-93(132)133)99(139)117-78(43-33-35-53-108)97(137)116-79(44-34-36-54-109)98(138)123-87(61-75-46-48-77(130)49-47-75)102(142)120-82(94(110)134)56-68(3)4/h23-31,37-42,46-49,63,67-71,78-91,112,128-130H,10-22,32-36,43-45,50-62,64-66,108-109H2,1-9H3,(H2,110,134)(H,111,113)(H,114,136)(H,115,131)(H,116,137)(H,117,139)(H,118,146)(H,119,140)(H,120,142)(H,121,135)(H,122,147)(H,123,138)(H,124,143)(H,125,141)(H,126,144)(H,127,145)(H,132,133). The van der Waals surface area contributed by atoms with Crippen molar-refractivity contribution >= 4 is 106 Å². The monoisotopic (exact) mass is 2080 g/mol. The van der Waals surface area contributed by atoms with Gasteiger partial charge < -0.3 is 122 Å². The van der Waals surface area contributed by atoms with Crippen molar-refractivity contribution in [3.8, 4) is 5.75 Å². The number of hydrogen-bond acceptors (Lipinski definition) is 24. The van der Waals surface area contributed by atoms with Crippen molar-refractivity contribution in [2.45, 2.75) is 345 Å². The lowest BCUT2D eigenvalue weighted by Crippen LogP contribution is -2.61. The maximum absolute atomic E-state index is 15.1. The number of aromatic hydroxyl groups is 1. The topological polar surface area (TPSA) is 641 Å². The van der Waals surface area contributed by atoms with Crippen molar-refractivity contribution in [2.24, 2.45) is 35.0 Å². The van der Waals surface area contributed by atoms with Gasteiger partial charge in [-0.3, -0.25) is 76.7 Å². The van der Waals surface area contributed by atoms with Gasteiger partial charge in [0.15, 0.2) is 0 Å². The number of carboxylic acid groups (broad SMARTS) is 1. The van der Waals surface area contributed by atoms with E-state index in [1.807, 2.05) is 59.7 Å². The lowest BCUT2D eigenvalue weighted by atomic mass is 9.96. The minimum atomic E-state index is -1.93. The van der Waals surface area contributed by atoms with Gasteiger partial charge in [0, 0.05) is 63.0 Å². The number of nitrogens with two attached hydrogens (primary N) is 3. The fraction of sp³-hybridized carbons (Fsp3) is 0.598. The molecular formula is C107H166N20O20S. The first-order valence-electron chi connectivity index (χ1n) is 52.4. The first-order valence-corrected chi connectivity index (χ1v) is 53.8. The normalized spacial score (nSPS) is 14.6. The zero-order valence-electron chi connectivity index (χ0n) is 87.6. The second-order valence-corrected chi connectivity index (χ2v) is 40.0. The second-order valence-electron chi connectivity index (χ2n) is 39.0. The van der Waals surface area contributed by atoms with Crippen molar-refractivity contribution in [3.63, 3.8) is 0 Å². The summed E-state index contributed by atoms with van der Waals surface area (Å²) in [6.07, 6.45) is 19.7. The molecule has 0 fully saturated rings. The molecule has 5 aromatic rings. The fourth-order valence-corrected chi connectivity index (χ4v) is 17.2. The van der Waals surface area contributed by atoms with Crippen LogP contribution in [0, 0.1) is 17.8 Å². The Labute approximate surface area is 874 Å². The molecule has 0 saturated heterocycles. The number of aromatic amines is 1. The van der Waals surface area contributed by atoms with Gasteiger partial charge in [-0.25, -0.2) is 4.98 Å². The highest BCUT2D eigenvalue weighted by Crippen LogP contribution is 2.21. The summed E-state index contributed by atoms with van der Waals surface area (Å²) in [5.74, 6) is -14.3. The van der Waals surface area contributed by atoms with Gasteiger partial charge in [0.1, 0.15) is 84.3 Å². The number of primary amides is 1. The van der Waals surface area contributed by atoms with Crippen LogP contribution in [0.1, 0.15) is 250 Å². The molecule has 26 N–H and O–H groups in total.